The van der Waals surface area contributed by atoms with E-state index in [1.165, 1.54) is 6.20 Å². The Morgan fingerprint density at radius 2 is 1.84 bits per heavy atom. The maximum atomic E-state index is 14.1. The number of rotatable bonds is 7. The third-order valence-corrected chi connectivity index (χ3v) is 4.33. The molecule has 2 aromatic carbocycles. The second-order valence-corrected chi connectivity index (χ2v) is 6.46. The van der Waals surface area contributed by atoms with E-state index in [2.05, 4.69) is 15.3 Å². The summed E-state index contributed by atoms with van der Waals surface area (Å²) in [7, 11) is 0. The van der Waals surface area contributed by atoms with Crippen LogP contribution in [-0.2, 0) is 11.3 Å². The summed E-state index contributed by atoms with van der Waals surface area (Å²) in [5.74, 6) is -6.84. The molecule has 0 aliphatic carbocycles. The van der Waals surface area contributed by atoms with Gasteiger partial charge < -0.3 is 10.2 Å². The summed E-state index contributed by atoms with van der Waals surface area (Å²) < 4.78 is 42.4. The monoisotopic (exact) mass is 430 g/mol. The molecule has 0 aliphatic heterocycles. The van der Waals surface area contributed by atoms with Gasteiger partial charge in [-0.2, -0.15) is 0 Å². The Hall–Kier alpha value is -3.95. The average Bonchev–Trinajstić information content (AvgIpc) is 3.23. The van der Waals surface area contributed by atoms with E-state index in [9.17, 15) is 28.2 Å². The van der Waals surface area contributed by atoms with E-state index in [0.717, 1.165) is 5.56 Å². The number of aliphatic carboxylic acids is 1. The first kappa shape index (κ1) is 21.8. The molecule has 0 bridgehead atoms. The standard InChI is InChI=1S/C21H17F3N4O3/c1-2-18(26-13-5-3-4-12(8-13)11-28-7-6-25-27-28)19(21(30)31)20(29)14-9-16(23)17(24)10-15(14)22/h3-10,29H,2,11H2,1H3,(H,30,31). The summed E-state index contributed by atoms with van der Waals surface area (Å²) in [4.78, 5) is 16.1. The fourth-order valence-corrected chi connectivity index (χ4v) is 2.90. The van der Waals surface area contributed by atoms with Crippen molar-refractivity contribution in [2.24, 2.45) is 4.99 Å². The summed E-state index contributed by atoms with van der Waals surface area (Å²) in [5, 5.41) is 27.6. The molecule has 0 atom stereocenters. The zero-order valence-corrected chi connectivity index (χ0v) is 16.3. The number of aliphatic hydroxyl groups is 1. The molecule has 7 nitrogen and oxygen atoms in total. The van der Waals surface area contributed by atoms with Crippen molar-refractivity contribution in [1.29, 1.82) is 0 Å². The van der Waals surface area contributed by atoms with Crippen molar-refractivity contribution < 1.29 is 28.2 Å². The van der Waals surface area contributed by atoms with Gasteiger partial charge in [-0.15, -0.1) is 5.10 Å². The Bertz CT molecular complexity index is 1170. The van der Waals surface area contributed by atoms with Gasteiger partial charge in [0, 0.05) is 12.3 Å². The van der Waals surface area contributed by atoms with E-state index >= 15 is 0 Å². The third-order valence-electron chi connectivity index (χ3n) is 4.33. The van der Waals surface area contributed by atoms with Crippen LogP contribution in [0.4, 0.5) is 18.9 Å². The largest absolute Gasteiger partial charge is 0.506 e. The minimum atomic E-state index is -1.60. The van der Waals surface area contributed by atoms with Gasteiger partial charge in [-0.1, -0.05) is 24.3 Å². The summed E-state index contributed by atoms with van der Waals surface area (Å²) in [6, 6.07) is 7.46. The maximum Gasteiger partial charge on any atom is 0.341 e. The molecule has 31 heavy (non-hydrogen) atoms. The van der Waals surface area contributed by atoms with E-state index in [4.69, 9.17) is 0 Å². The molecule has 0 saturated heterocycles. The first-order valence-corrected chi connectivity index (χ1v) is 9.12. The number of nitrogens with zero attached hydrogens (tertiary/aromatic N) is 4. The quantitative estimate of drug-likeness (QED) is 0.252. The number of halogens is 3. The first-order valence-electron chi connectivity index (χ1n) is 9.12. The second-order valence-electron chi connectivity index (χ2n) is 6.46. The number of aromatic nitrogens is 3. The summed E-state index contributed by atoms with van der Waals surface area (Å²) in [6.07, 6.45) is 3.26. The maximum absolute atomic E-state index is 14.1. The van der Waals surface area contributed by atoms with Gasteiger partial charge in [0.05, 0.1) is 29.7 Å². The van der Waals surface area contributed by atoms with Gasteiger partial charge in [-0.05, 0) is 30.2 Å². The van der Waals surface area contributed by atoms with E-state index in [0.29, 0.717) is 18.3 Å². The van der Waals surface area contributed by atoms with Gasteiger partial charge in [-0.25, -0.2) is 22.6 Å². The first-order chi connectivity index (χ1) is 14.8. The van der Waals surface area contributed by atoms with E-state index in [1.807, 2.05) is 6.07 Å². The molecule has 3 rings (SSSR count). The molecule has 1 heterocycles. The van der Waals surface area contributed by atoms with Gasteiger partial charge in [0.25, 0.3) is 0 Å². The molecule has 0 saturated carbocycles. The van der Waals surface area contributed by atoms with E-state index in [-0.39, 0.29) is 18.2 Å². The van der Waals surface area contributed by atoms with Crippen LogP contribution >= 0.6 is 0 Å². The zero-order chi connectivity index (χ0) is 22.5. The average molecular weight is 430 g/mol. The molecule has 0 unspecified atom stereocenters. The van der Waals surface area contributed by atoms with Crippen LogP contribution in [-0.4, -0.2) is 36.9 Å². The minimum absolute atomic E-state index is 0.0598. The van der Waals surface area contributed by atoms with Crippen molar-refractivity contribution in [2.75, 3.05) is 0 Å². The number of benzene rings is 2. The third kappa shape index (κ3) is 4.97. The molecule has 10 heteroatoms. The minimum Gasteiger partial charge on any atom is -0.506 e. The lowest BCUT2D eigenvalue weighted by atomic mass is 10.0. The van der Waals surface area contributed by atoms with Crippen molar-refractivity contribution in [3.05, 3.63) is 82.9 Å². The Labute approximate surface area is 174 Å². The smallest absolute Gasteiger partial charge is 0.341 e. The number of carbonyl (C=O) groups is 1. The molecule has 3 aromatic rings. The van der Waals surface area contributed by atoms with Crippen LogP contribution in [0.3, 0.4) is 0 Å². The summed E-state index contributed by atoms with van der Waals surface area (Å²) >= 11 is 0. The van der Waals surface area contributed by atoms with Gasteiger partial charge >= 0.3 is 5.97 Å². The highest BCUT2D eigenvalue weighted by Gasteiger charge is 2.24. The van der Waals surface area contributed by atoms with Crippen LogP contribution in [0.5, 0.6) is 0 Å². The Morgan fingerprint density at radius 3 is 2.48 bits per heavy atom. The molecular formula is C21H17F3N4O3. The number of carboxylic acids is 1. The number of hydrogen-bond donors (Lipinski definition) is 2. The van der Waals surface area contributed by atoms with Crippen molar-refractivity contribution in [1.82, 2.24) is 15.0 Å². The normalized spacial score (nSPS) is 12.6. The summed E-state index contributed by atoms with van der Waals surface area (Å²) in [6.45, 7) is 1.99. The van der Waals surface area contributed by atoms with E-state index in [1.54, 1.807) is 36.0 Å². The number of aliphatic hydroxyl groups excluding tert-OH is 1. The molecule has 0 amide bonds. The lowest BCUT2D eigenvalue weighted by Gasteiger charge is -2.11. The molecule has 0 radical (unpaired) electrons. The number of carboxylic acid groups (broad SMARTS) is 1. The van der Waals surface area contributed by atoms with Crippen molar-refractivity contribution in [2.45, 2.75) is 19.9 Å². The lowest BCUT2D eigenvalue weighted by molar-refractivity contribution is -0.132. The van der Waals surface area contributed by atoms with Crippen LogP contribution in [0.15, 0.2) is 59.4 Å². The SMILES string of the molecule is CCC(=Nc1cccc(Cn2ccnn2)c1)C(C(=O)O)=C(O)c1cc(F)c(F)cc1F. The molecule has 0 spiro atoms. The molecule has 0 fully saturated rings. The van der Waals surface area contributed by atoms with Crippen molar-refractivity contribution in [3.63, 3.8) is 0 Å². The van der Waals surface area contributed by atoms with Crippen molar-refractivity contribution >= 4 is 23.1 Å². The van der Waals surface area contributed by atoms with Crippen LogP contribution in [0.1, 0.15) is 24.5 Å². The van der Waals surface area contributed by atoms with Crippen LogP contribution < -0.4 is 0 Å². The predicted molar refractivity (Wildman–Crippen MR) is 106 cm³/mol. The van der Waals surface area contributed by atoms with Gasteiger partial charge in [0.15, 0.2) is 11.6 Å². The van der Waals surface area contributed by atoms with Crippen LogP contribution in [0, 0.1) is 17.5 Å². The molecule has 1 aromatic heterocycles. The fraction of sp³-hybridized carbons (Fsp3) is 0.143. The highest BCUT2D eigenvalue weighted by Crippen LogP contribution is 2.26. The Kier molecular flexibility index (Phi) is 6.49. The highest BCUT2D eigenvalue weighted by atomic mass is 19.2. The summed E-state index contributed by atoms with van der Waals surface area (Å²) in [5.41, 5.74) is -0.385. The molecular weight excluding hydrogens is 413 g/mol. The van der Waals surface area contributed by atoms with E-state index < -0.39 is 40.3 Å². The Morgan fingerprint density at radius 1 is 1.10 bits per heavy atom. The number of aliphatic imine (C=N–C) groups is 1. The Balaban J connectivity index is 2.06. The molecule has 0 aliphatic rings. The second kappa shape index (κ2) is 9.24. The number of hydrogen-bond acceptors (Lipinski definition) is 5. The zero-order valence-electron chi connectivity index (χ0n) is 16.3. The topological polar surface area (TPSA) is 101 Å². The molecule has 2 N–H and O–H groups in total. The lowest BCUT2D eigenvalue weighted by Crippen LogP contribution is -2.15. The molecule has 160 valence electrons. The van der Waals surface area contributed by atoms with Crippen LogP contribution in [0.25, 0.3) is 5.76 Å². The predicted octanol–water partition coefficient (Wildman–Crippen LogP) is 4.28. The highest BCUT2D eigenvalue weighted by molar-refractivity contribution is 6.24. The van der Waals surface area contributed by atoms with Gasteiger partial charge in [-0.3, -0.25) is 4.99 Å². The van der Waals surface area contributed by atoms with Crippen molar-refractivity contribution in [3.8, 4) is 0 Å². The van der Waals surface area contributed by atoms with Crippen LogP contribution in [0.2, 0.25) is 0 Å². The van der Waals surface area contributed by atoms with Gasteiger partial charge in [0.1, 0.15) is 17.1 Å². The van der Waals surface area contributed by atoms with Gasteiger partial charge in [0.2, 0.25) is 0 Å². The fourth-order valence-electron chi connectivity index (χ4n) is 2.90.